The molecule has 0 fully saturated rings. The Hall–Kier alpha value is -1.85. The number of aliphatic hydroxyl groups is 1. The number of carbonyl (C=O) groups is 1. The first kappa shape index (κ1) is 13.1. The third kappa shape index (κ3) is 1.82. The quantitative estimate of drug-likeness (QED) is 0.842. The zero-order valence-corrected chi connectivity index (χ0v) is 12.4. The zero-order chi connectivity index (χ0) is 14.3. The lowest BCUT2D eigenvalue weighted by molar-refractivity contribution is -0.0383. The van der Waals surface area contributed by atoms with Gasteiger partial charge in [-0.3, -0.25) is 4.90 Å². The van der Waals surface area contributed by atoms with E-state index in [0.717, 1.165) is 4.47 Å². The monoisotopic (exact) mass is 332 g/mol. The number of anilines is 1. The SMILES string of the molecule is CN1C(=O)Nc2ccc(Br)cc2C1(O)c1ccccc1. The number of nitrogens with one attached hydrogen (secondary N) is 1. The number of hydrogen-bond donors (Lipinski definition) is 2. The minimum absolute atomic E-state index is 0.342. The van der Waals surface area contributed by atoms with Gasteiger partial charge < -0.3 is 10.4 Å². The molecule has 4 nitrogen and oxygen atoms in total. The summed E-state index contributed by atoms with van der Waals surface area (Å²) in [5.74, 6) is 0. The highest BCUT2D eigenvalue weighted by atomic mass is 79.9. The average molecular weight is 333 g/mol. The van der Waals surface area contributed by atoms with Gasteiger partial charge in [0.2, 0.25) is 0 Å². The van der Waals surface area contributed by atoms with Gasteiger partial charge in [0.25, 0.3) is 0 Å². The first-order chi connectivity index (χ1) is 9.53. The molecule has 3 rings (SSSR count). The Labute approximate surface area is 125 Å². The Balaban J connectivity index is 2.28. The minimum Gasteiger partial charge on any atom is -0.363 e. The van der Waals surface area contributed by atoms with Crippen molar-refractivity contribution >= 4 is 27.6 Å². The molecule has 0 saturated carbocycles. The largest absolute Gasteiger partial charge is 0.363 e. The highest BCUT2D eigenvalue weighted by Gasteiger charge is 2.44. The molecule has 1 heterocycles. The standard InChI is InChI=1S/C15H13BrN2O2/c1-18-14(19)17-13-8-7-11(16)9-12(13)15(18,20)10-5-3-2-4-6-10/h2-9,20H,1H3,(H,17,19). The number of carbonyl (C=O) groups excluding carboxylic acids is 1. The smallest absolute Gasteiger partial charge is 0.324 e. The van der Waals surface area contributed by atoms with Gasteiger partial charge in [-0.1, -0.05) is 46.3 Å². The lowest BCUT2D eigenvalue weighted by Crippen LogP contribution is -2.53. The number of fused-ring (bicyclic) bond motifs is 1. The Morgan fingerprint density at radius 3 is 2.60 bits per heavy atom. The molecule has 5 heteroatoms. The third-order valence-electron chi connectivity index (χ3n) is 3.57. The van der Waals surface area contributed by atoms with Crippen LogP contribution in [0.1, 0.15) is 11.1 Å². The number of nitrogens with zero attached hydrogens (tertiary/aromatic N) is 1. The van der Waals surface area contributed by atoms with Gasteiger partial charge in [-0.05, 0) is 18.2 Å². The fourth-order valence-electron chi connectivity index (χ4n) is 2.46. The highest BCUT2D eigenvalue weighted by molar-refractivity contribution is 9.10. The lowest BCUT2D eigenvalue weighted by atomic mass is 9.90. The second-order valence-electron chi connectivity index (χ2n) is 4.72. The normalized spacial score (nSPS) is 21.4. The van der Waals surface area contributed by atoms with E-state index < -0.39 is 5.72 Å². The third-order valence-corrected chi connectivity index (χ3v) is 4.06. The van der Waals surface area contributed by atoms with Crippen molar-refractivity contribution in [3.05, 3.63) is 64.1 Å². The molecule has 1 aliphatic heterocycles. The molecular weight excluding hydrogens is 320 g/mol. The van der Waals surface area contributed by atoms with Crippen LogP contribution < -0.4 is 5.32 Å². The van der Waals surface area contributed by atoms with Gasteiger partial charge >= 0.3 is 6.03 Å². The molecule has 0 radical (unpaired) electrons. The van der Waals surface area contributed by atoms with Crippen LogP contribution in [0.2, 0.25) is 0 Å². The molecule has 0 aliphatic carbocycles. The van der Waals surface area contributed by atoms with Crippen molar-refractivity contribution in [3.63, 3.8) is 0 Å². The van der Waals surface area contributed by atoms with Crippen LogP contribution in [-0.2, 0) is 5.72 Å². The zero-order valence-electron chi connectivity index (χ0n) is 10.8. The van der Waals surface area contributed by atoms with E-state index in [1.807, 2.05) is 30.3 Å². The Morgan fingerprint density at radius 2 is 1.90 bits per heavy atom. The number of amides is 2. The van der Waals surface area contributed by atoms with Crippen molar-refractivity contribution in [2.75, 3.05) is 12.4 Å². The molecule has 1 unspecified atom stereocenters. The Bertz CT molecular complexity index is 675. The van der Waals surface area contributed by atoms with Crippen molar-refractivity contribution in [1.29, 1.82) is 0 Å². The van der Waals surface area contributed by atoms with Crippen LogP contribution in [0.3, 0.4) is 0 Å². The summed E-state index contributed by atoms with van der Waals surface area (Å²) in [5, 5.41) is 14.0. The second kappa shape index (κ2) is 4.61. The van der Waals surface area contributed by atoms with Crippen molar-refractivity contribution in [3.8, 4) is 0 Å². The van der Waals surface area contributed by atoms with Crippen LogP contribution in [0.4, 0.5) is 10.5 Å². The van der Waals surface area contributed by atoms with E-state index in [1.165, 1.54) is 4.90 Å². The molecule has 0 saturated heterocycles. The maximum atomic E-state index is 12.1. The number of hydrogen-bond acceptors (Lipinski definition) is 2. The van der Waals surface area contributed by atoms with Gasteiger partial charge in [0.15, 0.2) is 5.72 Å². The summed E-state index contributed by atoms with van der Waals surface area (Å²) in [5.41, 5.74) is 0.419. The molecule has 0 spiro atoms. The second-order valence-corrected chi connectivity index (χ2v) is 5.63. The van der Waals surface area contributed by atoms with E-state index in [1.54, 1.807) is 25.2 Å². The molecule has 20 heavy (non-hydrogen) atoms. The number of rotatable bonds is 1. The summed E-state index contributed by atoms with van der Waals surface area (Å²) < 4.78 is 0.843. The summed E-state index contributed by atoms with van der Waals surface area (Å²) in [4.78, 5) is 13.4. The molecule has 2 aromatic carbocycles. The first-order valence-electron chi connectivity index (χ1n) is 6.16. The molecular formula is C15H13BrN2O2. The maximum Gasteiger partial charge on any atom is 0.324 e. The van der Waals surface area contributed by atoms with Crippen molar-refractivity contribution in [2.24, 2.45) is 0 Å². The maximum absolute atomic E-state index is 12.1. The topological polar surface area (TPSA) is 52.6 Å². The van der Waals surface area contributed by atoms with Crippen molar-refractivity contribution in [1.82, 2.24) is 4.90 Å². The molecule has 2 N–H and O–H groups in total. The molecule has 1 aliphatic rings. The van der Waals surface area contributed by atoms with Crippen LogP contribution in [0.5, 0.6) is 0 Å². The van der Waals surface area contributed by atoms with E-state index in [2.05, 4.69) is 21.2 Å². The van der Waals surface area contributed by atoms with Crippen molar-refractivity contribution < 1.29 is 9.90 Å². The Kier molecular flexibility index (Phi) is 3.03. The van der Waals surface area contributed by atoms with Gasteiger partial charge in [0.1, 0.15) is 0 Å². The first-order valence-corrected chi connectivity index (χ1v) is 6.95. The Morgan fingerprint density at radius 1 is 1.20 bits per heavy atom. The number of benzene rings is 2. The molecule has 102 valence electrons. The van der Waals surface area contributed by atoms with Crippen LogP contribution >= 0.6 is 15.9 Å². The lowest BCUT2D eigenvalue weighted by Gasteiger charge is -2.42. The predicted molar refractivity (Wildman–Crippen MR) is 80.4 cm³/mol. The van der Waals surface area contributed by atoms with Gasteiger partial charge in [0, 0.05) is 22.6 Å². The van der Waals surface area contributed by atoms with Gasteiger partial charge in [-0.2, -0.15) is 0 Å². The summed E-state index contributed by atoms with van der Waals surface area (Å²) in [6.07, 6.45) is 0. The molecule has 2 aromatic rings. The molecule has 0 aromatic heterocycles. The summed E-state index contributed by atoms with van der Waals surface area (Å²) in [7, 11) is 1.58. The van der Waals surface area contributed by atoms with Crippen LogP contribution in [-0.4, -0.2) is 23.1 Å². The van der Waals surface area contributed by atoms with Gasteiger partial charge in [-0.15, -0.1) is 0 Å². The molecule has 1 atom stereocenters. The fourth-order valence-corrected chi connectivity index (χ4v) is 2.82. The predicted octanol–water partition coefficient (Wildman–Crippen LogP) is 3.12. The fraction of sp³-hybridized carbons (Fsp3) is 0.133. The number of halogens is 1. The van der Waals surface area contributed by atoms with Crippen molar-refractivity contribution in [2.45, 2.75) is 5.72 Å². The summed E-state index contributed by atoms with van der Waals surface area (Å²) >= 11 is 3.41. The molecule has 2 amide bonds. The van der Waals surface area contributed by atoms with Gasteiger partial charge in [-0.25, -0.2) is 4.79 Å². The van der Waals surface area contributed by atoms with E-state index in [9.17, 15) is 9.90 Å². The average Bonchev–Trinajstić information content (AvgIpc) is 2.47. The van der Waals surface area contributed by atoms with Crippen LogP contribution in [0.15, 0.2) is 53.0 Å². The summed E-state index contributed by atoms with van der Waals surface area (Å²) in [6, 6.07) is 14.2. The summed E-state index contributed by atoms with van der Waals surface area (Å²) in [6.45, 7) is 0. The number of urea groups is 1. The minimum atomic E-state index is -1.48. The van der Waals surface area contributed by atoms with Crippen LogP contribution in [0, 0.1) is 0 Å². The van der Waals surface area contributed by atoms with E-state index in [-0.39, 0.29) is 6.03 Å². The van der Waals surface area contributed by atoms with Gasteiger partial charge in [0.05, 0.1) is 5.69 Å². The van der Waals surface area contributed by atoms with E-state index in [4.69, 9.17) is 0 Å². The van der Waals surface area contributed by atoms with Crippen LogP contribution in [0.25, 0.3) is 0 Å². The highest BCUT2D eigenvalue weighted by Crippen LogP contribution is 2.41. The van der Waals surface area contributed by atoms with E-state index in [0.29, 0.717) is 16.8 Å². The molecule has 0 bridgehead atoms. The van der Waals surface area contributed by atoms with E-state index >= 15 is 0 Å².